The normalized spacial score (nSPS) is 9.83. The Kier molecular flexibility index (Phi) is 4.01. The minimum absolute atomic E-state index is 0.677. The number of benzene rings is 1. The topological polar surface area (TPSA) is 9.23 Å². The zero-order valence-corrected chi connectivity index (χ0v) is 8.18. The number of thiol groups is 1. The van der Waals surface area contributed by atoms with Gasteiger partial charge in [0.05, 0.1) is 6.61 Å². The van der Waals surface area contributed by atoms with Crippen molar-refractivity contribution < 1.29 is 4.74 Å². The minimum atomic E-state index is 0.677. The van der Waals surface area contributed by atoms with E-state index in [-0.39, 0.29) is 0 Å². The molecule has 0 aliphatic heterocycles. The second-order valence-electron chi connectivity index (χ2n) is 2.57. The molecule has 66 valence electrons. The van der Waals surface area contributed by atoms with Gasteiger partial charge in [0.2, 0.25) is 0 Å². The number of hydrogen-bond donors (Lipinski definition) is 1. The third-order valence-electron chi connectivity index (χ3n) is 1.67. The van der Waals surface area contributed by atoms with E-state index in [1.165, 1.54) is 5.56 Å². The number of hydrogen-bond acceptors (Lipinski definition) is 2. The van der Waals surface area contributed by atoms with E-state index in [4.69, 9.17) is 4.74 Å². The number of ether oxygens (including phenoxy) is 1. The van der Waals surface area contributed by atoms with E-state index in [0.29, 0.717) is 6.61 Å². The molecule has 0 bridgehead atoms. The third kappa shape index (κ3) is 2.78. The van der Waals surface area contributed by atoms with Crippen LogP contribution in [0.3, 0.4) is 0 Å². The Morgan fingerprint density at radius 3 is 2.92 bits per heavy atom. The molecule has 0 radical (unpaired) electrons. The van der Waals surface area contributed by atoms with Crippen molar-refractivity contribution in [1.82, 2.24) is 0 Å². The Labute approximate surface area is 79.2 Å². The molecule has 0 unspecified atom stereocenters. The summed E-state index contributed by atoms with van der Waals surface area (Å²) in [5, 5.41) is 0. The van der Waals surface area contributed by atoms with Gasteiger partial charge in [0.25, 0.3) is 0 Å². The monoisotopic (exact) mass is 182 g/mol. The van der Waals surface area contributed by atoms with Gasteiger partial charge >= 0.3 is 0 Å². The van der Waals surface area contributed by atoms with Gasteiger partial charge in [0.15, 0.2) is 0 Å². The van der Waals surface area contributed by atoms with Crippen LogP contribution < -0.4 is 4.74 Å². The van der Waals surface area contributed by atoms with E-state index in [9.17, 15) is 0 Å². The second-order valence-corrected chi connectivity index (χ2v) is 3.02. The molecule has 0 fully saturated rings. The van der Waals surface area contributed by atoms with E-state index in [1.807, 2.05) is 12.1 Å². The first-order valence-electron chi connectivity index (χ1n) is 4.19. The van der Waals surface area contributed by atoms with Crippen LogP contribution in [0.2, 0.25) is 0 Å². The fourth-order valence-electron chi connectivity index (χ4n) is 1.02. The summed E-state index contributed by atoms with van der Waals surface area (Å²) in [5.74, 6) is 1.71. The van der Waals surface area contributed by atoms with E-state index < -0.39 is 0 Å². The zero-order chi connectivity index (χ0) is 8.81. The van der Waals surface area contributed by atoms with E-state index >= 15 is 0 Å². The summed E-state index contributed by atoms with van der Waals surface area (Å²) in [5.41, 5.74) is 1.31. The molecule has 0 aromatic heterocycles. The molecular formula is C10H14OS. The van der Waals surface area contributed by atoms with Crippen LogP contribution in [0.1, 0.15) is 12.5 Å². The first-order chi connectivity index (χ1) is 5.86. The van der Waals surface area contributed by atoms with Gasteiger partial charge in [-0.25, -0.2) is 0 Å². The van der Waals surface area contributed by atoms with Gasteiger partial charge in [-0.15, -0.1) is 0 Å². The molecule has 0 saturated carbocycles. The highest BCUT2D eigenvalue weighted by molar-refractivity contribution is 7.80. The lowest BCUT2D eigenvalue weighted by Crippen LogP contribution is -1.98. The van der Waals surface area contributed by atoms with Crippen LogP contribution in [-0.2, 0) is 6.42 Å². The summed E-state index contributed by atoms with van der Waals surface area (Å²) in [4.78, 5) is 0. The average Bonchev–Trinajstić information content (AvgIpc) is 2.15. The number of rotatable bonds is 4. The third-order valence-corrected chi connectivity index (χ3v) is 1.85. The molecule has 0 aliphatic rings. The highest BCUT2D eigenvalue weighted by Crippen LogP contribution is 2.13. The molecular weight excluding hydrogens is 168 g/mol. The molecule has 1 aromatic rings. The van der Waals surface area contributed by atoms with Crippen LogP contribution in [-0.4, -0.2) is 12.4 Å². The van der Waals surface area contributed by atoms with Crippen LogP contribution in [0, 0.1) is 0 Å². The Morgan fingerprint density at radius 1 is 1.42 bits per heavy atom. The highest BCUT2D eigenvalue weighted by Gasteiger charge is 1.93. The molecule has 0 amide bonds. The smallest absolute Gasteiger partial charge is 0.119 e. The summed E-state index contributed by atoms with van der Waals surface area (Å²) < 4.78 is 5.42. The predicted octanol–water partition coefficient (Wildman–Crippen LogP) is 2.56. The van der Waals surface area contributed by atoms with Crippen molar-refractivity contribution in [1.29, 1.82) is 0 Å². The van der Waals surface area contributed by atoms with Crippen molar-refractivity contribution in [2.24, 2.45) is 0 Å². The summed E-state index contributed by atoms with van der Waals surface area (Å²) in [6.45, 7) is 2.81. The largest absolute Gasteiger partial charge is 0.493 e. The molecule has 0 saturated heterocycles. The zero-order valence-electron chi connectivity index (χ0n) is 7.29. The molecule has 0 spiro atoms. The fourth-order valence-corrected chi connectivity index (χ4v) is 1.11. The lowest BCUT2D eigenvalue weighted by atomic mass is 10.2. The Bertz CT molecular complexity index is 235. The van der Waals surface area contributed by atoms with Crippen LogP contribution in [0.25, 0.3) is 0 Å². The second kappa shape index (κ2) is 5.09. The fraction of sp³-hybridized carbons (Fsp3) is 0.400. The first-order valence-corrected chi connectivity index (χ1v) is 4.82. The van der Waals surface area contributed by atoms with E-state index in [1.54, 1.807) is 0 Å². The van der Waals surface area contributed by atoms with Crippen molar-refractivity contribution in [2.45, 2.75) is 13.3 Å². The SMILES string of the molecule is CCc1cccc(OCCS)c1. The van der Waals surface area contributed by atoms with Gasteiger partial charge < -0.3 is 4.74 Å². The number of aryl methyl sites for hydroxylation is 1. The van der Waals surface area contributed by atoms with Crippen LogP contribution in [0.5, 0.6) is 5.75 Å². The molecule has 1 rings (SSSR count). The average molecular weight is 182 g/mol. The first kappa shape index (κ1) is 9.46. The Hall–Kier alpha value is -0.630. The molecule has 1 aromatic carbocycles. The lowest BCUT2D eigenvalue weighted by Gasteiger charge is -2.04. The molecule has 0 atom stereocenters. The molecule has 12 heavy (non-hydrogen) atoms. The van der Waals surface area contributed by atoms with Gasteiger partial charge in [0.1, 0.15) is 5.75 Å². The summed E-state index contributed by atoms with van der Waals surface area (Å²) in [6.07, 6.45) is 1.05. The Balaban J connectivity index is 2.60. The molecule has 0 N–H and O–H groups in total. The van der Waals surface area contributed by atoms with Gasteiger partial charge in [-0.1, -0.05) is 19.1 Å². The van der Waals surface area contributed by atoms with Crippen LogP contribution >= 0.6 is 12.6 Å². The van der Waals surface area contributed by atoms with Crippen molar-refractivity contribution in [3.8, 4) is 5.75 Å². The summed E-state index contributed by atoms with van der Waals surface area (Å²) in [7, 11) is 0. The quantitative estimate of drug-likeness (QED) is 0.704. The van der Waals surface area contributed by atoms with Crippen LogP contribution in [0.4, 0.5) is 0 Å². The standard InChI is InChI=1S/C10H14OS/c1-2-9-4-3-5-10(8-9)11-6-7-12/h3-5,8,12H,2,6-7H2,1H3. The maximum absolute atomic E-state index is 5.42. The van der Waals surface area contributed by atoms with Crippen molar-refractivity contribution in [3.05, 3.63) is 29.8 Å². The molecule has 2 heteroatoms. The van der Waals surface area contributed by atoms with Gasteiger partial charge in [-0.3, -0.25) is 0 Å². The minimum Gasteiger partial charge on any atom is -0.493 e. The molecule has 0 heterocycles. The Morgan fingerprint density at radius 2 is 2.25 bits per heavy atom. The van der Waals surface area contributed by atoms with Gasteiger partial charge in [-0.2, -0.15) is 12.6 Å². The van der Waals surface area contributed by atoms with Crippen molar-refractivity contribution in [2.75, 3.05) is 12.4 Å². The van der Waals surface area contributed by atoms with E-state index in [2.05, 4.69) is 31.7 Å². The maximum atomic E-state index is 5.42. The van der Waals surface area contributed by atoms with Crippen molar-refractivity contribution in [3.63, 3.8) is 0 Å². The molecule has 0 aliphatic carbocycles. The summed E-state index contributed by atoms with van der Waals surface area (Å²) >= 11 is 4.07. The van der Waals surface area contributed by atoms with Gasteiger partial charge in [-0.05, 0) is 24.1 Å². The summed E-state index contributed by atoms with van der Waals surface area (Å²) in [6, 6.07) is 8.17. The van der Waals surface area contributed by atoms with E-state index in [0.717, 1.165) is 17.9 Å². The van der Waals surface area contributed by atoms with Crippen molar-refractivity contribution >= 4 is 12.6 Å². The highest BCUT2D eigenvalue weighted by atomic mass is 32.1. The lowest BCUT2D eigenvalue weighted by molar-refractivity contribution is 0.344. The maximum Gasteiger partial charge on any atom is 0.119 e. The van der Waals surface area contributed by atoms with Crippen LogP contribution in [0.15, 0.2) is 24.3 Å². The van der Waals surface area contributed by atoms with Gasteiger partial charge in [0, 0.05) is 5.75 Å². The molecule has 1 nitrogen and oxygen atoms in total. The predicted molar refractivity (Wildman–Crippen MR) is 55.2 cm³/mol.